The van der Waals surface area contributed by atoms with Gasteiger partial charge in [0, 0.05) is 11.3 Å². The Morgan fingerprint density at radius 1 is 1.38 bits per heavy atom. The minimum Gasteiger partial charge on any atom is -0.449 e. The van der Waals surface area contributed by atoms with Crippen LogP contribution in [0.15, 0.2) is 22.6 Å². The summed E-state index contributed by atoms with van der Waals surface area (Å²) in [6.07, 6.45) is 0.180. The Morgan fingerprint density at radius 2 is 2.19 bits per heavy atom. The summed E-state index contributed by atoms with van der Waals surface area (Å²) in [6, 6.07) is 5.57. The van der Waals surface area contributed by atoms with Crippen molar-refractivity contribution in [2.24, 2.45) is 0 Å². The SMILES string of the molecule is CCOc1nnc(-c2cccc(N)c2C)o1. The smallest absolute Gasteiger partial charge is 0.414 e. The van der Waals surface area contributed by atoms with Gasteiger partial charge in [-0.25, -0.2) is 0 Å². The lowest BCUT2D eigenvalue weighted by Gasteiger charge is -2.03. The molecule has 0 spiro atoms. The van der Waals surface area contributed by atoms with Gasteiger partial charge >= 0.3 is 6.08 Å². The Balaban J connectivity index is 2.39. The first-order valence-corrected chi connectivity index (χ1v) is 5.04. The van der Waals surface area contributed by atoms with Gasteiger partial charge in [0.05, 0.1) is 6.61 Å². The third-order valence-electron chi connectivity index (χ3n) is 2.28. The molecule has 0 aliphatic heterocycles. The largest absolute Gasteiger partial charge is 0.449 e. The van der Waals surface area contributed by atoms with E-state index in [0.717, 1.165) is 11.1 Å². The number of anilines is 1. The molecule has 0 aliphatic rings. The number of ether oxygens (including phenoxy) is 1. The average Bonchev–Trinajstić information content (AvgIpc) is 2.71. The molecule has 2 rings (SSSR count). The summed E-state index contributed by atoms with van der Waals surface area (Å²) in [5, 5.41) is 7.68. The highest BCUT2D eigenvalue weighted by atomic mass is 16.6. The standard InChI is InChI=1S/C11H13N3O2/c1-3-15-11-14-13-10(16-11)8-5-4-6-9(12)7(8)2/h4-6H,3,12H2,1-2H3. The molecule has 5 heteroatoms. The van der Waals surface area contributed by atoms with Gasteiger partial charge in [0.1, 0.15) is 0 Å². The highest BCUT2D eigenvalue weighted by molar-refractivity contribution is 5.66. The van der Waals surface area contributed by atoms with Crippen molar-refractivity contribution in [2.75, 3.05) is 12.3 Å². The molecule has 0 saturated heterocycles. The van der Waals surface area contributed by atoms with Gasteiger partial charge in [-0.05, 0) is 31.5 Å². The number of nitrogens with two attached hydrogens (primary N) is 1. The van der Waals surface area contributed by atoms with Crippen LogP contribution in [0.25, 0.3) is 11.5 Å². The zero-order valence-corrected chi connectivity index (χ0v) is 9.23. The lowest BCUT2D eigenvalue weighted by Crippen LogP contribution is -1.91. The van der Waals surface area contributed by atoms with Gasteiger partial charge in [-0.2, -0.15) is 0 Å². The molecular weight excluding hydrogens is 206 g/mol. The molecule has 0 aliphatic carbocycles. The van der Waals surface area contributed by atoms with Crippen LogP contribution in [0.3, 0.4) is 0 Å². The summed E-state index contributed by atoms with van der Waals surface area (Å²) in [5.41, 5.74) is 8.26. The van der Waals surface area contributed by atoms with Crippen LogP contribution in [0.2, 0.25) is 0 Å². The predicted octanol–water partition coefficient (Wildman–Crippen LogP) is 2.03. The van der Waals surface area contributed by atoms with E-state index >= 15 is 0 Å². The summed E-state index contributed by atoms with van der Waals surface area (Å²) >= 11 is 0. The summed E-state index contributed by atoms with van der Waals surface area (Å²) in [6.45, 7) is 4.27. The Hall–Kier alpha value is -2.04. The van der Waals surface area contributed by atoms with Gasteiger partial charge in [0.15, 0.2) is 0 Å². The summed E-state index contributed by atoms with van der Waals surface area (Å²) in [7, 11) is 0. The average molecular weight is 219 g/mol. The van der Waals surface area contributed by atoms with Crippen LogP contribution in [0.5, 0.6) is 6.08 Å². The molecule has 1 heterocycles. The third-order valence-corrected chi connectivity index (χ3v) is 2.28. The molecule has 2 aromatic rings. The number of benzene rings is 1. The Kier molecular flexibility index (Phi) is 2.76. The van der Waals surface area contributed by atoms with E-state index < -0.39 is 0 Å². The van der Waals surface area contributed by atoms with Gasteiger partial charge < -0.3 is 14.9 Å². The second-order valence-corrected chi connectivity index (χ2v) is 3.33. The maximum atomic E-state index is 5.80. The van der Waals surface area contributed by atoms with E-state index in [1.165, 1.54) is 0 Å². The maximum absolute atomic E-state index is 5.80. The van der Waals surface area contributed by atoms with Crippen molar-refractivity contribution in [3.63, 3.8) is 0 Å². The molecular formula is C11H13N3O2. The lowest BCUT2D eigenvalue weighted by molar-refractivity contribution is 0.247. The van der Waals surface area contributed by atoms with Crippen LogP contribution in [-0.4, -0.2) is 16.8 Å². The number of aromatic nitrogens is 2. The Labute approximate surface area is 93.2 Å². The van der Waals surface area contributed by atoms with Crippen molar-refractivity contribution < 1.29 is 9.15 Å². The van der Waals surface area contributed by atoms with Crippen molar-refractivity contribution in [3.05, 3.63) is 23.8 Å². The highest BCUT2D eigenvalue weighted by Gasteiger charge is 2.12. The molecule has 84 valence electrons. The molecule has 0 atom stereocenters. The van der Waals surface area contributed by atoms with Gasteiger partial charge in [0.25, 0.3) is 5.89 Å². The second kappa shape index (κ2) is 4.22. The van der Waals surface area contributed by atoms with Crippen molar-refractivity contribution in [1.29, 1.82) is 0 Å². The van der Waals surface area contributed by atoms with Gasteiger partial charge in [-0.1, -0.05) is 11.2 Å². The molecule has 0 radical (unpaired) electrons. The first-order chi connectivity index (χ1) is 7.72. The van der Waals surface area contributed by atoms with E-state index in [4.69, 9.17) is 14.9 Å². The molecule has 0 amide bonds. The predicted molar refractivity (Wildman–Crippen MR) is 60.1 cm³/mol. The first kappa shape index (κ1) is 10.5. The third kappa shape index (κ3) is 1.84. The van der Waals surface area contributed by atoms with Crippen LogP contribution in [0, 0.1) is 6.92 Å². The van der Waals surface area contributed by atoms with Crippen molar-refractivity contribution in [1.82, 2.24) is 10.2 Å². The normalized spacial score (nSPS) is 10.4. The number of rotatable bonds is 3. The molecule has 1 aromatic carbocycles. The molecule has 0 unspecified atom stereocenters. The van der Waals surface area contributed by atoms with E-state index in [9.17, 15) is 0 Å². The number of nitrogens with zero attached hydrogens (tertiary/aromatic N) is 2. The quantitative estimate of drug-likeness (QED) is 0.799. The van der Waals surface area contributed by atoms with E-state index in [1.807, 2.05) is 32.0 Å². The molecule has 1 aromatic heterocycles. The fourth-order valence-electron chi connectivity index (χ4n) is 1.39. The topological polar surface area (TPSA) is 74.2 Å². The first-order valence-electron chi connectivity index (χ1n) is 5.04. The number of hydrogen-bond acceptors (Lipinski definition) is 5. The van der Waals surface area contributed by atoms with Gasteiger partial charge in [-0.15, -0.1) is 5.10 Å². The summed E-state index contributed by atoms with van der Waals surface area (Å²) in [5.74, 6) is 0.424. The van der Waals surface area contributed by atoms with Crippen LogP contribution >= 0.6 is 0 Å². The fraction of sp³-hybridized carbons (Fsp3) is 0.273. The molecule has 0 bridgehead atoms. The minimum absolute atomic E-state index is 0.180. The Morgan fingerprint density at radius 3 is 2.94 bits per heavy atom. The molecule has 16 heavy (non-hydrogen) atoms. The van der Waals surface area contributed by atoms with Crippen LogP contribution < -0.4 is 10.5 Å². The van der Waals surface area contributed by atoms with Gasteiger partial charge in [-0.3, -0.25) is 0 Å². The molecule has 0 fully saturated rings. The zero-order chi connectivity index (χ0) is 11.5. The molecule has 5 nitrogen and oxygen atoms in total. The van der Waals surface area contributed by atoms with Crippen LogP contribution in [-0.2, 0) is 0 Å². The highest BCUT2D eigenvalue weighted by Crippen LogP contribution is 2.27. The zero-order valence-electron chi connectivity index (χ0n) is 9.23. The van der Waals surface area contributed by atoms with E-state index in [1.54, 1.807) is 0 Å². The number of hydrogen-bond donors (Lipinski definition) is 1. The molecule has 2 N–H and O–H groups in total. The minimum atomic E-state index is 0.180. The van der Waals surface area contributed by atoms with Gasteiger partial charge in [0.2, 0.25) is 0 Å². The van der Waals surface area contributed by atoms with E-state index in [0.29, 0.717) is 18.2 Å². The molecule has 0 saturated carbocycles. The van der Waals surface area contributed by atoms with Crippen molar-refractivity contribution in [3.8, 4) is 17.5 Å². The van der Waals surface area contributed by atoms with E-state index in [2.05, 4.69) is 10.2 Å². The number of nitrogen functional groups attached to an aromatic ring is 1. The summed E-state index contributed by atoms with van der Waals surface area (Å²) < 4.78 is 10.5. The van der Waals surface area contributed by atoms with Crippen molar-refractivity contribution in [2.45, 2.75) is 13.8 Å². The second-order valence-electron chi connectivity index (χ2n) is 3.33. The fourth-order valence-corrected chi connectivity index (χ4v) is 1.39. The van der Waals surface area contributed by atoms with Crippen LogP contribution in [0.4, 0.5) is 5.69 Å². The maximum Gasteiger partial charge on any atom is 0.414 e. The Bertz CT molecular complexity index is 494. The monoisotopic (exact) mass is 219 g/mol. The summed E-state index contributed by atoms with van der Waals surface area (Å²) in [4.78, 5) is 0. The van der Waals surface area contributed by atoms with Crippen LogP contribution in [0.1, 0.15) is 12.5 Å². The van der Waals surface area contributed by atoms with E-state index in [-0.39, 0.29) is 6.08 Å². The lowest BCUT2D eigenvalue weighted by atomic mass is 10.1. The van der Waals surface area contributed by atoms with Crippen molar-refractivity contribution >= 4 is 5.69 Å².